The summed E-state index contributed by atoms with van der Waals surface area (Å²) in [6.07, 6.45) is 7.16. The summed E-state index contributed by atoms with van der Waals surface area (Å²) in [5.41, 5.74) is 1.23. The van der Waals surface area contributed by atoms with Gasteiger partial charge in [-0.3, -0.25) is 19.0 Å². The fourth-order valence-electron chi connectivity index (χ4n) is 5.90. The Bertz CT molecular complexity index is 1610. The number of ether oxygens (including phenoxy) is 1. The number of aromatic nitrogens is 1. The maximum absolute atomic E-state index is 13.7. The van der Waals surface area contributed by atoms with Gasteiger partial charge in [0.25, 0.3) is 11.5 Å². The van der Waals surface area contributed by atoms with Gasteiger partial charge in [-0.25, -0.2) is 0 Å². The van der Waals surface area contributed by atoms with E-state index in [-0.39, 0.29) is 42.8 Å². The minimum Gasteiger partial charge on any atom is -0.491 e. The van der Waals surface area contributed by atoms with Gasteiger partial charge in [-0.1, -0.05) is 49.4 Å². The molecule has 0 saturated carbocycles. The van der Waals surface area contributed by atoms with Gasteiger partial charge in [-0.2, -0.15) is 0 Å². The lowest BCUT2D eigenvalue weighted by atomic mass is 9.82. The highest BCUT2D eigenvalue weighted by Gasteiger charge is 2.52. The minimum atomic E-state index is -1.94. The summed E-state index contributed by atoms with van der Waals surface area (Å²) in [7, 11) is 1.42. The molecule has 3 aromatic rings. The second-order valence-corrected chi connectivity index (χ2v) is 10.7. The highest BCUT2D eigenvalue weighted by atomic mass is 16.5. The number of nitrogens with zero attached hydrogens (tertiary/aromatic N) is 3. The number of rotatable bonds is 9. The van der Waals surface area contributed by atoms with Crippen LogP contribution in [0.15, 0.2) is 90.4 Å². The number of fused-ring (bicyclic) bond motifs is 2. The number of benzene rings is 2. The van der Waals surface area contributed by atoms with Gasteiger partial charge in [0.1, 0.15) is 0 Å². The maximum Gasteiger partial charge on any atom is 0.297 e. The Morgan fingerprint density at radius 3 is 2.64 bits per heavy atom. The Morgan fingerprint density at radius 2 is 1.93 bits per heavy atom. The Hall–Kier alpha value is -4.47. The number of hydrogen-bond acceptors (Lipinski definition) is 6. The third kappa shape index (κ3) is 4.95. The molecule has 0 spiro atoms. The highest BCUT2D eigenvalue weighted by molar-refractivity contribution is 6.07. The highest BCUT2D eigenvalue weighted by Crippen LogP contribution is 2.46. The number of amides is 2. The molecule has 3 heterocycles. The molecule has 1 aromatic heterocycles. The summed E-state index contributed by atoms with van der Waals surface area (Å²) in [6, 6.07) is 15.9. The SMILES string of the molecule is C=CCN1C(=O)[C@@](O)([C@@H](C)/C=C/CC(=O)N2Cc3ccccc3C[C@H]2CO)c2cc(-n3cccc(OC)c3=O)ccc21. The zero-order valence-electron chi connectivity index (χ0n) is 23.8. The van der Waals surface area contributed by atoms with Crippen LogP contribution in [0.2, 0.25) is 0 Å². The van der Waals surface area contributed by atoms with Crippen LogP contribution in [-0.4, -0.2) is 57.8 Å². The molecule has 0 fully saturated rings. The molecule has 2 amide bonds. The molecule has 9 nitrogen and oxygen atoms in total. The van der Waals surface area contributed by atoms with Crippen molar-refractivity contribution >= 4 is 17.5 Å². The van der Waals surface area contributed by atoms with E-state index in [1.54, 1.807) is 66.6 Å². The van der Waals surface area contributed by atoms with E-state index in [2.05, 4.69) is 6.58 Å². The lowest BCUT2D eigenvalue weighted by Crippen LogP contribution is -2.46. The molecular weight excluding hydrogens is 534 g/mol. The normalized spacial score (nSPS) is 20.4. The van der Waals surface area contributed by atoms with Crippen molar-refractivity contribution in [1.82, 2.24) is 9.47 Å². The van der Waals surface area contributed by atoms with Crippen LogP contribution in [0, 0.1) is 5.92 Å². The van der Waals surface area contributed by atoms with Gasteiger partial charge in [0.2, 0.25) is 5.91 Å². The van der Waals surface area contributed by atoms with E-state index in [1.165, 1.54) is 16.6 Å². The van der Waals surface area contributed by atoms with Crippen molar-refractivity contribution in [2.24, 2.45) is 5.92 Å². The molecular formula is C33H35N3O6. The topological polar surface area (TPSA) is 112 Å². The van der Waals surface area contributed by atoms with Gasteiger partial charge >= 0.3 is 0 Å². The standard InChI is InChI=1S/C33H35N3O6/c1-4-16-35-28-15-14-25(34-17-8-12-29(42-3)31(34)39)19-27(28)33(41,32(35)40)22(2)9-7-13-30(38)36-20-24-11-6-5-10-23(24)18-26(36)21-37/h4-12,14-15,17,19,22,26,37,41H,1,13,16,18,20-21H2,2-3H3/b9-7+/t22-,26-,33+/m0/s1. The molecule has 5 rings (SSSR count). The van der Waals surface area contributed by atoms with Crippen molar-refractivity contribution in [3.8, 4) is 11.4 Å². The first-order chi connectivity index (χ1) is 20.2. The molecule has 2 aliphatic rings. The Morgan fingerprint density at radius 1 is 1.17 bits per heavy atom. The van der Waals surface area contributed by atoms with Gasteiger partial charge < -0.3 is 24.7 Å². The van der Waals surface area contributed by atoms with Crippen LogP contribution in [0.25, 0.3) is 5.69 Å². The number of carbonyl (C=O) groups excluding carboxylic acids is 2. The largest absolute Gasteiger partial charge is 0.491 e. The van der Waals surface area contributed by atoms with Gasteiger partial charge in [0, 0.05) is 42.9 Å². The van der Waals surface area contributed by atoms with E-state index in [9.17, 15) is 24.6 Å². The van der Waals surface area contributed by atoms with E-state index in [0.29, 0.717) is 29.9 Å². The van der Waals surface area contributed by atoms with Crippen molar-refractivity contribution in [1.29, 1.82) is 0 Å². The molecule has 0 bridgehead atoms. The van der Waals surface area contributed by atoms with Crippen LogP contribution < -0.4 is 15.2 Å². The van der Waals surface area contributed by atoms with Crippen LogP contribution in [-0.2, 0) is 28.2 Å². The van der Waals surface area contributed by atoms with E-state index < -0.39 is 17.4 Å². The third-order valence-electron chi connectivity index (χ3n) is 8.24. The average molecular weight is 570 g/mol. The summed E-state index contributed by atoms with van der Waals surface area (Å²) < 4.78 is 6.57. The second kappa shape index (κ2) is 11.8. The summed E-state index contributed by atoms with van der Waals surface area (Å²) >= 11 is 0. The summed E-state index contributed by atoms with van der Waals surface area (Å²) in [6.45, 7) is 5.95. The number of pyridine rings is 1. The molecule has 218 valence electrons. The summed E-state index contributed by atoms with van der Waals surface area (Å²) in [4.78, 5) is 42.9. The van der Waals surface area contributed by atoms with Crippen molar-refractivity contribution in [2.45, 2.75) is 38.0 Å². The fourth-order valence-corrected chi connectivity index (χ4v) is 5.90. The van der Waals surface area contributed by atoms with Crippen LogP contribution in [0.3, 0.4) is 0 Å². The smallest absolute Gasteiger partial charge is 0.297 e. The average Bonchev–Trinajstić information content (AvgIpc) is 3.22. The fraction of sp³-hybridized carbons (Fsp3) is 0.303. The molecule has 0 saturated heterocycles. The van der Waals surface area contributed by atoms with E-state index in [0.717, 1.165) is 11.1 Å². The number of aliphatic hydroxyl groups is 2. The Kier molecular flexibility index (Phi) is 8.15. The Balaban J connectivity index is 1.42. The van der Waals surface area contributed by atoms with Gasteiger partial charge in [-0.15, -0.1) is 6.58 Å². The number of anilines is 1. The maximum atomic E-state index is 13.7. The lowest BCUT2D eigenvalue weighted by molar-refractivity contribution is -0.139. The predicted molar refractivity (Wildman–Crippen MR) is 160 cm³/mol. The van der Waals surface area contributed by atoms with Crippen LogP contribution in [0.1, 0.15) is 30.0 Å². The molecule has 2 aliphatic heterocycles. The third-order valence-corrected chi connectivity index (χ3v) is 8.24. The van der Waals surface area contributed by atoms with E-state index in [1.807, 2.05) is 24.3 Å². The van der Waals surface area contributed by atoms with Crippen molar-refractivity contribution < 1.29 is 24.5 Å². The molecule has 2 N–H and O–H groups in total. The molecule has 0 radical (unpaired) electrons. The van der Waals surface area contributed by atoms with Crippen molar-refractivity contribution in [2.75, 3.05) is 25.2 Å². The zero-order chi connectivity index (χ0) is 30.0. The molecule has 9 heteroatoms. The first-order valence-electron chi connectivity index (χ1n) is 13.9. The minimum absolute atomic E-state index is 0.0513. The van der Waals surface area contributed by atoms with Crippen LogP contribution >= 0.6 is 0 Å². The zero-order valence-corrected chi connectivity index (χ0v) is 23.8. The monoisotopic (exact) mass is 569 g/mol. The number of aliphatic hydroxyl groups excluding tert-OH is 1. The first-order valence-corrected chi connectivity index (χ1v) is 13.9. The van der Waals surface area contributed by atoms with Crippen molar-refractivity contribution in [3.05, 3.63) is 113 Å². The van der Waals surface area contributed by atoms with E-state index in [4.69, 9.17) is 4.74 Å². The van der Waals surface area contributed by atoms with Crippen molar-refractivity contribution in [3.63, 3.8) is 0 Å². The van der Waals surface area contributed by atoms with E-state index >= 15 is 0 Å². The second-order valence-electron chi connectivity index (χ2n) is 10.7. The molecule has 0 unspecified atom stereocenters. The predicted octanol–water partition coefficient (Wildman–Crippen LogP) is 3.09. The summed E-state index contributed by atoms with van der Waals surface area (Å²) in [5.74, 6) is -1.20. The molecule has 3 atom stereocenters. The quantitative estimate of drug-likeness (QED) is 0.383. The molecule has 0 aliphatic carbocycles. The Labute approximate surface area is 244 Å². The van der Waals surface area contributed by atoms with Gasteiger partial charge in [-0.05, 0) is 47.9 Å². The van der Waals surface area contributed by atoms with Crippen LogP contribution in [0.4, 0.5) is 5.69 Å². The van der Waals surface area contributed by atoms with Gasteiger partial charge in [0.15, 0.2) is 11.4 Å². The number of methoxy groups -OCH3 is 1. The van der Waals surface area contributed by atoms with Gasteiger partial charge in [0.05, 0.1) is 25.4 Å². The van der Waals surface area contributed by atoms with Crippen LogP contribution in [0.5, 0.6) is 5.75 Å². The number of hydrogen-bond donors (Lipinski definition) is 2. The summed E-state index contributed by atoms with van der Waals surface area (Å²) in [5, 5.41) is 22.0. The number of carbonyl (C=O) groups is 2. The molecule has 2 aromatic carbocycles. The first kappa shape index (κ1) is 29.0. The lowest BCUT2D eigenvalue weighted by Gasteiger charge is -2.36. The molecule has 42 heavy (non-hydrogen) atoms.